The molecule has 1 aromatic carbocycles. The fourth-order valence-corrected chi connectivity index (χ4v) is 3.17. The Hall–Kier alpha value is -1.56. The van der Waals surface area contributed by atoms with Crippen LogP contribution in [0.4, 0.5) is 0 Å². The minimum absolute atomic E-state index is 0.0939. The van der Waals surface area contributed by atoms with Crippen LogP contribution in [0.3, 0.4) is 0 Å². The molecule has 146 valence electrons. The molecule has 2 rings (SSSR count). The summed E-state index contributed by atoms with van der Waals surface area (Å²) in [5, 5.41) is 8.85. The Morgan fingerprint density at radius 3 is 2.77 bits per heavy atom. The number of rotatable bonds is 10. The Balaban J connectivity index is 2.04. The van der Waals surface area contributed by atoms with Gasteiger partial charge in [0.1, 0.15) is 17.1 Å². The van der Waals surface area contributed by atoms with Gasteiger partial charge in [-0.05, 0) is 69.2 Å². The van der Waals surface area contributed by atoms with Crippen molar-refractivity contribution in [3.63, 3.8) is 0 Å². The SMILES string of the molecule is COCCOCOc1cc2c(c(C)c1C)OC(C)(CC/C=C/CO)CC2. The van der Waals surface area contributed by atoms with Gasteiger partial charge in [-0.15, -0.1) is 0 Å². The number of aryl methyl sites for hydroxylation is 1. The molecule has 0 radical (unpaired) electrons. The third-order valence-electron chi connectivity index (χ3n) is 4.98. The van der Waals surface area contributed by atoms with Gasteiger partial charge in [0.2, 0.25) is 0 Å². The molecule has 1 aliphatic rings. The second kappa shape index (κ2) is 9.95. The highest BCUT2D eigenvalue weighted by Gasteiger charge is 2.32. The second-order valence-corrected chi connectivity index (χ2v) is 7.02. The van der Waals surface area contributed by atoms with Gasteiger partial charge in [0.05, 0.1) is 19.8 Å². The molecule has 0 saturated carbocycles. The topological polar surface area (TPSA) is 57.2 Å². The Kier molecular flexibility index (Phi) is 7.94. The number of fused-ring (bicyclic) bond motifs is 1. The van der Waals surface area contributed by atoms with E-state index in [4.69, 9.17) is 24.1 Å². The molecule has 0 aromatic heterocycles. The van der Waals surface area contributed by atoms with E-state index in [1.165, 1.54) is 5.56 Å². The van der Waals surface area contributed by atoms with E-state index < -0.39 is 0 Å². The monoisotopic (exact) mass is 364 g/mol. The summed E-state index contributed by atoms with van der Waals surface area (Å²) in [6.07, 6.45) is 7.59. The molecular weight excluding hydrogens is 332 g/mol. The summed E-state index contributed by atoms with van der Waals surface area (Å²) >= 11 is 0. The van der Waals surface area contributed by atoms with Gasteiger partial charge in [-0.2, -0.15) is 0 Å². The molecule has 1 N–H and O–H groups in total. The van der Waals surface area contributed by atoms with Crippen LogP contribution in [0.15, 0.2) is 18.2 Å². The molecule has 1 aromatic rings. The first-order valence-corrected chi connectivity index (χ1v) is 9.28. The summed E-state index contributed by atoms with van der Waals surface area (Å²) < 4.78 is 22.6. The van der Waals surface area contributed by atoms with Crippen molar-refractivity contribution in [2.75, 3.05) is 33.7 Å². The number of allylic oxidation sites excluding steroid dienone is 1. The Morgan fingerprint density at radius 2 is 2.04 bits per heavy atom. The van der Waals surface area contributed by atoms with E-state index in [0.717, 1.165) is 48.3 Å². The number of aliphatic hydroxyl groups excluding tert-OH is 1. The normalized spacial score (nSPS) is 19.4. The van der Waals surface area contributed by atoms with Crippen molar-refractivity contribution >= 4 is 0 Å². The van der Waals surface area contributed by atoms with Crippen molar-refractivity contribution in [1.29, 1.82) is 0 Å². The number of hydrogen-bond donors (Lipinski definition) is 1. The maximum Gasteiger partial charge on any atom is 0.189 e. The highest BCUT2D eigenvalue weighted by molar-refractivity contribution is 5.53. The van der Waals surface area contributed by atoms with E-state index in [-0.39, 0.29) is 19.0 Å². The molecule has 0 aliphatic carbocycles. The molecule has 0 bridgehead atoms. The average molecular weight is 364 g/mol. The predicted octanol–water partition coefficient (Wildman–Crippen LogP) is 3.72. The fourth-order valence-electron chi connectivity index (χ4n) is 3.17. The molecule has 0 spiro atoms. The molecular formula is C21H32O5. The molecule has 5 heteroatoms. The minimum Gasteiger partial charge on any atom is -0.487 e. The van der Waals surface area contributed by atoms with Crippen LogP contribution in [0.1, 0.15) is 42.9 Å². The van der Waals surface area contributed by atoms with Crippen LogP contribution in [0, 0.1) is 13.8 Å². The van der Waals surface area contributed by atoms with E-state index in [1.807, 2.05) is 6.08 Å². The van der Waals surface area contributed by atoms with Crippen LogP contribution in [-0.4, -0.2) is 44.4 Å². The van der Waals surface area contributed by atoms with Crippen LogP contribution in [0.5, 0.6) is 11.5 Å². The Bertz CT molecular complexity index is 611. The Morgan fingerprint density at radius 1 is 1.23 bits per heavy atom. The summed E-state index contributed by atoms with van der Waals surface area (Å²) in [5.41, 5.74) is 3.24. The van der Waals surface area contributed by atoms with E-state index in [1.54, 1.807) is 13.2 Å². The summed E-state index contributed by atoms with van der Waals surface area (Å²) in [6, 6.07) is 2.09. The highest BCUT2D eigenvalue weighted by atomic mass is 16.7. The molecule has 1 aliphatic heterocycles. The summed E-state index contributed by atoms with van der Waals surface area (Å²) in [5.74, 6) is 1.85. The summed E-state index contributed by atoms with van der Waals surface area (Å²) in [7, 11) is 1.65. The quantitative estimate of drug-likeness (QED) is 0.390. The third-order valence-corrected chi connectivity index (χ3v) is 4.98. The lowest BCUT2D eigenvalue weighted by atomic mass is 9.87. The van der Waals surface area contributed by atoms with Crippen LogP contribution in [0.2, 0.25) is 0 Å². The lowest BCUT2D eigenvalue weighted by Gasteiger charge is -2.37. The zero-order chi connectivity index (χ0) is 19.0. The van der Waals surface area contributed by atoms with Gasteiger partial charge >= 0.3 is 0 Å². The molecule has 0 fully saturated rings. The van der Waals surface area contributed by atoms with Crippen molar-refractivity contribution in [3.05, 3.63) is 34.9 Å². The number of aliphatic hydroxyl groups is 1. The van der Waals surface area contributed by atoms with Crippen LogP contribution < -0.4 is 9.47 Å². The molecule has 5 nitrogen and oxygen atoms in total. The zero-order valence-corrected chi connectivity index (χ0v) is 16.5. The lowest BCUT2D eigenvalue weighted by molar-refractivity contribution is -0.00904. The minimum atomic E-state index is -0.171. The maximum atomic E-state index is 8.85. The van der Waals surface area contributed by atoms with Crippen molar-refractivity contribution in [2.24, 2.45) is 0 Å². The van der Waals surface area contributed by atoms with Gasteiger partial charge in [0, 0.05) is 7.11 Å². The van der Waals surface area contributed by atoms with E-state index in [2.05, 4.69) is 26.8 Å². The van der Waals surface area contributed by atoms with Gasteiger partial charge in [-0.25, -0.2) is 0 Å². The largest absolute Gasteiger partial charge is 0.487 e. The van der Waals surface area contributed by atoms with Gasteiger partial charge in [-0.1, -0.05) is 12.2 Å². The number of ether oxygens (including phenoxy) is 4. The van der Waals surface area contributed by atoms with Crippen LogP contribution in [-0.2, 0) is 15.9 Å². The van der Waals surface area contributed by atoms with Gasteiger partial charge in [0.15, 0.2) is 6.79 Å². The number of benzene rings is 1. The first-order chi connectivity index (χ1) is 12.5. The first-order valence-electron chi connectivity index (χ1n) is 9.28. The maximum absolute atomic E-state index is 8.85. The van der Waals surface area contributed by atoms with Gasteiger partial charge < -0.3 is 24.1 Å². The van der Waals surface area contributed by atoms with E-state index in [9.17, 15) is 0 Å². The van der Waals surface area contributed by atoms with Gasteiger partial charge in [0.25, 0.3) is 0 Å². The Labute approximate surface area is 156 Å². The smallest absolute Gasteiger partial charge is 0.189 e. The average Bonchev–Trinajstić information content (AvgIpc) is 2.63. The van der Waals surface area contributed by atoms with Crippen molar-refractivity contribution in [2.45, 2.75) is 52.1 Å². The zero-order valence-electron chi connectivity index (χ0n) is 16.5. The fraction of sp³-hybridized carbons (Fsp3) is 0.619. The third kappa shape index (κ3) is 5.47. The standard InChI is InChI=1S/C21H32O5/c1-16-17(2)20-18(14-19(16)25-15-24-13-12-23-4)8-10-21(3,26-20)9-6-5-7-11-22/h5,7,14,22H,6,8-13,15H2,1-4H3/b7-5+. The summed E-state index contributed by atoms with van der Waals surface area (Å²) in [4.78, 5) is 0. The van der Waals surface area contributed by atoms with Crippen molar-refractivity contribution in [3.8, 4) is 11.5 Å². The number of methoxy groups -OCH3 is 1. The van der Waals surface area contributed by atoms with Crippen LogP contribution in [0.25, 0.3) is 0 Å². The lowest BCUT2D eigenvalue weighted by Crippen LogP contribution is -2.36. The molecule has 1 heterocycles. The highest BCUT2D eigenvalue weighted by Crippen LogP contribution is 2.42. The molecule has 0 amide bonds. The van der Waals surface area contributed by atoms with Crippen LogP contribution >= 0.6 is 0 Å². The van der Waals surface area contributed by atoms with Gasteiger partial charge in [-0.3, -0.25) is 0 Å². The van der Waals surface area contributed by atoms with E-state index in [0.29, 0.717) is 13.2 Å². The molecule has 0 saturated heterocycles. The molecule has 26 heavy (non-hydrogen) atoms. The van der Waals surface area contributed by atoms with E-state index >= 15 is 0 Å². The predicted molar refractivity (Wildman–Crippen MR) is 102 cm³/mol. The number of hydrogen-bond acceptors (Lipinski definition) is 5. The summed E-state index contributed by atoms with van der Waals surface area (Å²) in [6.45, 7) is 7.71. The second-order valence-electron chi connectivity index (χ2n) is 7.02. The first kappa shape index (κ1) is 20.7. The molecule has 1 unspecified atom stereocenters. The molecule has 1 atom stereocenters. The van der Waals surface area contributed by atoms with Crippen molar-refractivity contribution in [1.82, 2.24) is 0 Å². The van der Waals surface area contributed by atoms with Crippen molar-refractivity contribution < 1.29 is 24.1 Å².